The zero-order valence-electron chi connectivity index (χ0n) is 21.2. The fraction of sp³-hybridized carbons (Fsp3) is 0.267. The van der Waals surface area contributed by atoms with Gasteiger partial charge in [-0.05, 0) is 31.5 Å². The van der Waals surface area contributed by atoms with Crippen LogP contribution in [-0.2, 0) is 26.1 Å². The molecule has 1 atom stereocenters. The average Bonchev–Trinajstić information content (AvgIpc) is 3.49. The van der Waals surface area contributed by atoms with Gasteiger partial charge in [-0.3, -0.25) is 4.68 Å². The van der Waals surface area contributed by atoms with E-state index in [-0.39, 0.29) is 12.1 Å². The lowest BCUT2D eigenvalue weighted by Gasteiger charge is -2.14. The second kappa shape index (κ2) is 11.2. The Bertz CT molecular complexity index is 1350. The highest BCUT2D eigenvalue weighted by molar-refractivity contribution is 5.74. The molecule has 3 aromatic carbocycles. The fourth-order valence-electron chi connectivity index (χ4n) is 4.61. The number of rotatable bonds is 9. The molecule has 0 aliphatic carbocycles. The normalized spacial score (nSPS) is 14.1. The molecule has 5 rings (SSSR count). The van der Waals surface area contributed by atoms with Crippen LogP contribution < -0.4 is 20.1 Å². The molecule has 0 unspecified atom stereocenters. The zero-order chi connectivity index (χ0) is 25.6. The number of aromatic nitrogens is 2. The average molecular weight is 497 g/mol. The minimum atomic E-state index is -0.257. The number of carbonyl (C=O) groups is 1. The van der Waals surface area contributed by atoms with E-state index in [1.807, 2.05) is 78.5 Å². The van der Waals surface area contributed by atoms with E-state index in [0.29, 0.717) is 26.2 Å². The number of fused-ring (bicyclic) bond motifs is 1. The molecule has 37 heavy (non-hydrogen) atoms. The molecule has 2 amide bonds. The van der Waals surface area contributed by atoms with Crippen molar-refractivity contribution in [2.75, 3.05) is 6.61 Å². The molecule has 0 spiro atoms. The van der Waals surface area contributed by atoms with Crippen molar-refractivity contribution in [2.24, 2.45) is 0 Å². The van der Waals surface area contributed by atoms with Gasteiger partial charge in [0.2, 0.25) is 0 Å². The van der Waals surface area contributed by atoms with Crippen molar-refractivity contribution in [2.45, 2.75) is 46.0 Å². The molecule has 0 saturated carbocycles. The Morgan fingerprint density at radius 3 is 2.46 bits per heavy atom. The van der Waals surface area contributed by atoms with Gasteiger partial charge in [0.05, 0.1) is 18.8 Å². The Labute approximate surface area is 217 Å². The molecule has 1 aromatic heterocycles. The van der Waals surface area contributed by atoms with Crippen molar-refractivity contribution < 1.29 is 14.3 Å². The summed E-state index contributed by atoms with van der Waals surface area (Å²) in [5.74, 6) is 1.65. The summed E-state index contributed by atoms with van der Waals surface area (Å²) in [5, 5.41) is 10.8. The number of carbonyl (C=O) groups excluding carboxylic acids is 1. The Kier molecular flexibility index (Phi) is 7.40. The highest BCUT2D eigenvalue weighted by Gasteiger charge is 2.22. The van der Waals surface area contributed by atoms with Gasteiger partial charge in [0.15, 0.2) is 0 Å². The summed E-state index contributed by atoms with van der Waals surface area (Å²) in [5.41, 5.74) is 6.03. The lowest BCUT2D eigenvalue weighted by Crippen LogP contribution is -2.34. The summed E-state index contributed by atoms with van der Waals surface area (Å²) in [6, 6.07) is 24.0. The number of benzene rings is 3. The highest BCUT2D eigenvalue weighted by Crippen LogP contribution is 2.35. The quantitative estimate of drug-likeness (QED) is 0.329. The first-order valence-corrected chi connectivity index (χ1v) is 12.7. The third-order valence-corrected chi connectivity index (χ3v) is 6.33. The molecule has 7 nitrogen and oxygen atoms in total. The van der Waals surface area contributed by atoms with Gasteiger partial charge in [0.25, 0.3) is 0 Å². The summed E-state index contributed by atoms with van der Waals surface area (Å²) in [6.45, 7) is 5.92. The third kappa shape index (κ3) is 5.94. The number of ether oxygens (including phenoxy) is 2. The van der Waals surface area contributed by atoms with E-state index < -0.39 is 0 Å². The summed E-state index contributed by atoms with van der Waals surface area (Å²) < 4.78 is 13.7. The van der Waals surface area contributed by atoms with Crippen LogP contribution in [0.1, 0.15) is 36.1 Å². The first kappa shape index (κ1) is 24.4. The van der Waals surface area contributed by atoms with Crippen LogP contribution in [0.3, 0.4) is 0 Å². The van der Waals surface area contributed by atoms with Crippen molar-refractivity contribution in [1.82, 2.24) is 20.4 Å². The summed E-state index contributed by atoms with van der Waals surface area (Å²) in [6.07, 6.45) is 3.02. The molecule has 0 fully saturated rings. The van der Waals surface area contributed by atoms with Gasteiger partial charge in [-0.15, -0.1) is 0 Å². The van der Waals surface area contributed by atoms with E-state index in [2.05, 4.69) is 29.7 Å². The number of hydrogen-bond acceptors (Lipinski definition) is 4. The fourth-order valence-corrected chi connectivity index (χ4v) is 4.61. The van der Waals surface area contributed by atoms with Crippen molar-refractivity contribution in [1.29, 1.82) is 0 Å². The molecule has 0 saturated heterocycles. The maximum atomic E-state index is 12.8. The van der Waals surface area contributed by atoms with E-state index in [1.54, 1.807) is 0 Å². The number of amides is 2. The van der Waals surface area contributed by atoms with Gasteiger partial charge in [-0.25, -0.2) is 4.79 Å². The monoisotopic (exact) mass is 496 g/mol. The Hall–Kier alpha value is -4.26. The maximum Gasteiger partial charge on any atom is 0.315 e. The second-order valence-electron chi connectivity index (χ2n) is 9.22. The van der Waals surface area contributed by atoms with Gasteiger partial charge in [0.1, 0.15) is 17.6 Å². The zero-order valence-corrected chi connectivity index (χ0v) is 21.2. The lowest BCUT2D eigenvalue weighted by atomic mass is 10.1. The van der Waals surface area contributed by atoms with E-state index in [4.69, 9.17) is 14.6 Å². The molecule has 1 aliphatic rings. The molecule has 4 aromatic rings. The predicted octanol–water partition coefficient (Wildman–Crippen LogP) is 5.32. The largest absolute Gasteiger partial charge is 0.494 e. The first-order valence-electron chi connectivity index (χ1n) is 12.7. The number of hydrogen-bond donors (Lipinski definition) is 2. The molecular weight excluding hydrogens is 464 g/mol. The standard InChI is InChI=1S/C30H32N4O3/c1-3-36-27-15-24-14-21(2)37-28(24)16-25(27)17-31-30(35)32-18-26-20-34(19-22-10-6-4-7-11-22)33-29(26)23-12-8-5-9-13-23/h4-13,15-16,20-21H,3,14,17-19H2,1-2H3,(H2,31,32,35)/t21-/m1/s1. The molecule has 0 radical (unpaired) electrons. The predicted molar refractivity (Wildman–Crippen MR) is 144 cm³/mol. The topological polar surface area (TPSA) is 77.4 Å². The maximum absolute atomic E-state index is 12.8. The van der Waals surface area contributed by atoms with Crippen LogP contribution in [0.15, 0.2) is 79.0 Å². The summed E-state index contributed by atoms with van der Waals surface area (Å²) >= 11 is 0. The molecule has 0 bridgehead atoms. The highest BCUT2D eigenvalue weighted by atomic mass is 16.5. The summed E-state index contributed by atoms with van der Waals surface area (Å²) in [4.78, 5) is 12.8. The van der Waals surface area contributed by atoms with Crippen LogP contribution >= 0.6 is 0 Å². The Morgan fingerprint density at radius 1 is 1.03 bits per heavy atom. The summed E-state index contributed by atoms with van der Waals surface area (Å²) in [7, 11) is 0. The van der Waals surface area contributed by atoms with Crippen LogP contribution in [0.4, 0.5) is 4.79 Å². The van der Waals surface area contributed by atoms with Crippen molar-refractivity contribution in [3.8, 4) is 22.8 Å². The van der Waals surface area contributed by atoms with E-state index in [1.165, 1.54) is 5.56 Å². The molecule has 190 valence electrons. The minimum Gasteiger partial charge on any atom is -0.494 e. The molecule has 7 heteroatoms. The lowest BCUT2D eigenvalue weighted by molar-refractivity contribution is 0.239. The van der Waals surface area contributed by atoms with Gasteiger partial charge < -0.3 is 20.1 Å². The number of nitrogens with zero attached hydrogens (tertiary/aromatic N) is 2. The van der Waals surface area contributed by atoms with Crippen LogP contribution in [0.2, 0.25) is 0 Å². The van der Waals surface area contributed by atoms with E-state index >= 15 is 0 Å². The molecule has 1 aliphatic heterocycles. The van der Waals surface area contributed by atoms with Gasteiger partial charge in [0, 0.05) is 48.0 Å². The minimum absolute atomic E-state index is 0.151. The molecular formula is C30H32N4O3. The smallest absolute Gasteiger partial charge is 0.315 e. The molecule has 2 N–H and O–H groups in total. The third-order valence-electron chi connectivity index (χ3n) is 6.33. The Balaban J connectivity index is 1.27. The van der Waals surface area contributed by atoms with Crippen molar-refractivity contribution in [3.05, 3.63) is 101 Å². The number of urea groups is 1. The first-order chi connectivity index (χ1) is 18.1. The van der Waals surface area contributed by atoms with Crippen LogP contribution in [0.25, 0.3) is 11.3 Å². The van der Waals surface area contributed by atoms with Crippen LogP contribution in [-0.4, -0.2) is 28.5 Å². The van der Waals surface area contributed by atoms with Crippen LogP contribution in [0.5, 0.6) is 11.5 Å². The van der Waals surface area contributed by atoms with Gasteiger partial charge in [-0.1, -0.05) is 60.7 Å². The van der Waals surface area contributed by atoms with Gasteiger partial charge in [-0.2, -0.15) is 5.10 Å². The van der Waals surface area contributed by atoms with E-state index in [0.717, 1.165) is 45.9 Å². The van der Waals surface area contributed by atoms with Gasteiger partial charge >= 0.3 is 6.03 Å². The number of nitrogens with one attached hydrogen (secondary N) is 2. The van der Waals surface area contributed by atoms with Crippen LogP contribution in [0, 0.1) is 0 Å². The van der Waals surface area contributed by atoms with E-state index in [9.17, 15) is 4.79 Å². The Morgan fingerprint density at radius 2 is 1.73 bits per heavy atom. The second-order valence-corrected chi connectivity index (χ2v) is 9.22. The van der Waals surface area contributed by atoms with Crippen molar-refractivity contribution in [3.63, 3.8) is 0 Å². The molecule has 2 heterocycles. The van der Waals surface area contributed by atoms with Crippen molar-refractivity contribution >= 4 is 6.03 Å². The SMILES string of the molecule is CCOc1cc2c(cc1CNC(=O)NCc1cn(Cc3ccccc3)nc1-c1ccccc1)O[C@H](C)C2.